The Kier molecular flexibility index (Phi) is 9.40. The van der Waals surface area contributed by atoms with Gasteiger partial charge in [-0.1, -0.05) is 91.5 Å². The number of nitrogens with zero attached hydrogens (tertiary/aromatic N) is 1. The zero-order valence-electron chi connectivity index (χ0n) is 20.4. The van der Waals surface area contributed by atoms with Gasteiger partial charge in [0.25, 0.3) is 5.91 Å². The van der Waals surface area contributed by atoms with E-state index in [1.165, 1.54) is 6.42 Å². The molecule has 1 atom stereocenters. The van der Waals surface area contributed by atoms with Crippen LogP contribution in [0.1, 0.15) is 43.2 Å². The lowest BCUT2D eigenvalue weighted by molar-refractivity contribution is -0.143. The minimum Gasteiger partial charge on any atom is -0.484 e. The topological polar surface area (TPSA) is 58.6 Å². The van der Waals surface area contributed by atoms with E-state index >= 15 is 0 Å². The van der Waals surface area contributed by atoms with Crippen LogP contribution in [0.5, 0.6) is 5.75 Å². The molecule has 5 nitrogen and oxygen atoms in total. The van der Waals surface area contributed by atoms with Gasteiger partial charge in [0.05, 0.1) is 0 Å². The number of amides is 2. The summed E-state index contributed by atoms with van der Waals surface area (Å²) in [7, 11) is 0. The number of hydrogen-bond donors (Lipinski definition) is 1. The monoisotopic (exact) mass is 504 g/mol. The second-order valence-electron chi connectivity index (χ2n) is 9.30. The highest BCUT2D eigenvalue weighted by Gasteiger charge is 2.32. The van der Waals surface area contributed by atoms with Crippen LogP contribution in [0, 0.1) is 0 Å². The van der Waals surface area contributed by atoms with Crippen molar-refractivity contribution in [3.63, 3.8) is 0 Å². The van der Waals surface area contributed by atoms with Crippen LogP contribution in [0.3, 0.4) is 0 Å². The summed E-state index contributed by atoms with van der Waals surface area (Å²) < 4.78 is 5.79. The van der Waals surface area contributed by atoms with E-state index in [-0.39, 0.29) is 31.0 Å². The van der Waals surface area contributed by atoms with Crippen LogP contribution in [0.15, 0.2) is 84.9 Å². The Morgan fingerprint density at radius 3 is 2.17 bits per heavy atom. The Hall–Kier alpha value is -3.31. The molecule has 0 bridgehead atoms. The standard InChI is InChI=1S/C30H33ClN2O3/c31-25-18-16-24(17-19-25)21-33(29(34)22-36-27-14-8-3-9-15-27)28(20-23-10-4-1-5-11-23)30(35)32-26-12-6-2-7-13-26/h1,3-5,8-11,14-19,26,28H,2,6-7,12-13,20-22H2,(H,32,35). The highest BCUT2D eigenvalue weighted by Crippen LogP contribution is 2.20. The SMILES string of the molecule is O=C(NC1CCCCC1)C(Cc1ccccc1)N(Cc1ccc(Cl)cc1)C(=O)COc1ccccc1. The van der Waals surface area contributed by atoms with Crippen molar-refractivity contribution in [2.75, 3.05) is 6.61 Å². The van der Waals surface area contributed by atoms with Crippen LogP contribution in [0.25, 0.3) is 0 Å². The molecular formula is C30H33ClN2O3. The summed E-state index contributed by atoms with van der Waals surface area (Å²) in [4.78, 5) is 29.0. The highest BCUT2D eigenvalue weighted by molar-refractivity contribution is 6.30. The summed E-state index contributed by atoms with van der Waals surface area (Å²) in [6, 6.07) is 25.9. The summed E-state index contributed by atoms with van der Waals surface area (Å²) in [6.45, 7) is 0.128. The van der Waals surface area contributed by atoms with Gasteiger partial charge in [-0.2, -0.15) is 0 Å². The van der Waals surface area contributed by atoms with E-state index in [1.807, 2.05) is 72.8 Å². The third kappa shape index (κ3) is 7.59. The Labute approximate surface area is 218 Å². The average Bonchev–Trinajstić information content (AvgIpc) is 2.92. The van der Waals surface area contributed by atoms with Crippen LogP contribution >= 0.6 is 11.6 Å². The molecule has 6 heteroatoms. The third-order valence-corrected chi connectivity index (χ3v) is 6.85. The first-order chi connectivity index (χ1) is 17.6. The number of ether oxygens (including phenoxy) is 1. The smallest absolute Gasteiger partial charge is 0.261 e. The van der Waals surface area contributed by atoms with Gasteiger partial charge in [-0.3, -0.25) is 9.59 Å². The van der Waals surface area contributed by atoms with Crippen molar-refractivity contribution in [1.82, 2.24) is 10.2 Å². The van der Waals surface area contributed by atoms with Crippen molar-refractivity contribution < 1.29 is 14.3 Å². The minimum absolute atomic E-state index is 0.118. The second kappa shape index (κ2) is 13.1. The van der Waals surface area contributed by atoms with E-state index in [9.17, 15) is 9.59 Å². The molecule has 1 aliphatic carbocycles. The first-order valence-corrected chi connectivity index (χ1v) is 13.0. The molecule has 0 aliphatic heterocycles. The Morgan fingerprint density at radius 2 is 1.50 bits per heavy atom. The summed E-state index contributed by atoms with van der Waals surface area (Å²) >= 11 is 6.09. The number of carbonyl (C=O) groups is 2. The lowest BCUT2D eigenvalue weighted by atomic mass is 9.94. The van der Waals surface area contributed by atoms with Crippen LogP contribution in [-0.2, 0) is 22.6 Å². The highest BCUT2D eigenvalue weighted by atomic mass is 35.5. The summed E-state index contributed by atoms with van der Waals surface area (Å²) in [6.07, 6.45) is 5.82. The Morgan fingerprint density at radius 1 is 0.861 bits per heavy atom. The molecule has 3 aromatic rings. The van der Waals surface area contributed by atoms with Gasteiger partial charge in [0.1, 0.15) is 11.8 Å². The maximum atomic E-state index is 13.7. The molecule has 0 radical (unpaired) electrons. The lowest BCUT2D eigenvalue weighted by Gasteiger charge is -2.33. The second-order valence-corrected chi connectivity index (χ2v) is 9.74. The lowest BCUT2D eigenvalue weighted by Crippen LogP contribution is -2.53. The molecule has 0 aromatic heterocycles. The van der Waals surface area contributed by atoms with Crippen molar-refractivity contribution in [2.24, 2.45) is 0 Å². The van der Waals surface area contributed by atoms with Crippen molar-refractivity contribution in [1.29, 1.82) is 0 Å². The molecule has 4 rings (SSSR count). The number of para-hydroxylation sites is 1. The van der Waals surface area contributed by atoms with E-state index in [2.05, 4.69) is 5.32 Å². The Bertz CT molecular complexity index is 1100. The molecule has 0 heterocycles. The van der Waals surface area contributed by atoms with Crippen LogP contribution in [0.4, 0.5) is 0 Å². The maximum absolute atomic E-state index is 13.7. The fourth-order valence-electron chi connectivity index (χ4n) is 4.63. The zero-order valence-corrected chi connectivity index (χ0v) is 21.2. The molecule has 1 saturated carbocycles. The number of hydrogen-bond acceptors (Lipinski definition) is 3. The van der Waals surface area contributed by atoms with Gasteiger partial charge in [0.2, 0.25) is 5.91 Å². The molecular weight excluding hydrogens is 472 g/mol. The molecule has 1 N–H and O–H groups in total. The number of benzene rings is 3. The van der Waals surface area contributed by atoms with Gasteiger partial charge < -0.3 is 15.0 Å². The quantitative estimate of drug-likeness (QED) is 0.379. The fraction of sp³-hybridized carbons (Fsp3) is 0.333. The summed E-state index contributed by atoms with van der Waals surface area (Å²) in [5.74, 6) is 0.255. The Balaban J connectivity index is 1.60. The van der Waals surface area contributed by atoms with Crippen molar-refractivity contribution >= 4 is 23.4 Å². The normalized spacial score (nSPS) is 14.6. The third-order valence-electron chi connectivity index (χ3n) is 6.59. The van der Waals surface area contributed by atoms with Crippen molar-refractivity contribution in [3.8, 4) is 5.75 Å². The first-order valence-electron chi connectivity index (χ1n) is 12.6. The first kappa shape index (κ1) is 25.8. The van der Waals surface area contributed by atoms with Crippen molar-refractivity contribution in [2.45, 2.75) is 57.2 Å². The van der Waals surface area contributed by atoms with Crippen LogP contribution in [0.2, 0.25) is 5.02 Å². The predicted octanol–water partition coefficient (Wildman–Crippen LogP) is 5.81. The summed E-state index contributed by atoms with van der Waals surface area (Å²) in [5, 5.41) is 3.87. The van der Waals surface area contributed by atoms with Crippen LogP contribution < -0.4 is 10.1 Å². The fourth-order valence-corrected chi connectivity index (χ4v) is 4.76. The van der Waals surface area contributed by atoms with Crippen molar-refractivity contribution in [3.05, 3.63) is 101 Å². The predicted molar refractivity (Wildman–Crippen MR) is 143 cm³/mol. The molecule has 3 aromatic carbocycles. The van der Waals surface area contributed by atoms with Gasteiger partial charge in [-0.15, -0.1) is 0 Å². The zero-order chi connectivity index (χ0) is 25.2. The summed E-state index contributed by atoms with van der Waals surface area (Å²) in [5.41, 5.74) is 1.90. The number of halogens is 1. The molecule has 0 saturated heterocycles. The molecule has 1 aliphatic rings. The minimum atomic E-state index is -0.670. The van der Waals surface area contributed by atoms with Gasteiger partial charge in [-0.05, 0) is 48.2 Å². The average molecular weight is 505 g/mol. The van der Waals surface area contributed by atoms with Gasteiger partial charge in [-0.25, -0.2) is 0 Å². The molecule has 2 amide bonds. The van der Waals surface area contributed by atoms with E-state index in [4.69, 9.17) is 16.3 Å². The van der Waals surface area contributed by atoms with E-state index < -0.39 is 6.04 Å². The number of nitrogens with one attached hydrogen (secondary N) is 1. The van der Waals surface area contributed by atoms with E-state index in [0.29, 0.717) is 17.2 Å². The van der Waals surface area contributed by atoms with E-state index in [1.54, 1.807) is 17.0 Å². The molecule has 188 valence electrons. The molecule has 1 unspecified atom stereocenters. The molecule has 0 spiro atoms. The van der Waals surface area contributed by atoms with Crippen LogP contribution in [-0.4, -0.2) is 35.4 Å². The van der Waals surface area contributed by atoms with E-state index in [0.717, 1.165) is 36.8 Å². The molecule has 1 fully saturated rings. The van der Waals surface area contributed by atoms with Gasteiger partial charge in [0.15, 0.2) is 6.61 Å². The number of carbonyl (C=O) groups excluding carboxylic acids is 2. The molecule has 36 heavy (non-hydrogen) atoms. The number of rotatable bonds is 10. The largest absolute Gasteiger partial charge is 0.484 e. The van der Waals surface area contributed by atoms with Gasteiger partial charge in [0, 0.05) is 24.0 Å². The van der Waals surface area contributed by atoms with Gasteiger partial charge >= 0.3 is 0 Å². The maximum Gasteiger partial charge on any atom is 0.261 e.